The van der Waals surface area contributed by atoms with Gasteiger partial charge in [-0.1, -0.05) is 48.0 Å². The summed E-state index contributed by atoms with van der Waals surface area (Å²) < 4.78 is 6.90. The van der Waals surface area contributed by atoms with E-state index < -0.39 is 11.2 Å². The second kappa shape index (κ2) is 9.68. The fourth-order valence-corrected chi connectivity index (χ4v) is 4.30. The molecule has 0 saturated heterocycles. The summed E-state index contributed by atoms with van der Waals surface area (Å²) in [5.41, 5.74) is 1.05. The van der Waals surface area contributed by atoms with Crippen molar-refractivity contribution in [3.05, 3.63) is 117 Å². The Morgan fingerprint density at radius 2 is 1.67 bits per heavy atom. The molecular weight excluding hydrogens is 476 g/mol. The van der Waals surface area contributed by atoms with Gasteiger partial charge in [-0.2, -0.15) is 0 Å². The monoisotopic (exact) mass is 496 g/mol. The third kappa shape index (κ3) is 4.59. The molecule has 0 spiro atoms. The molecule has 5 aromatic rings. The number of nitrogens with zero attached hydrogens (tertiary/aromatic N) is 1. The van der Waals surface area contributed by atoms with Crippen LogP contribution >= 0.6 is 11.6 Å². The molecule has 1 amide bonds. The van der Waals surface area contributed by atoms with Gasteiger partial charge in [0.05, 0.1) is 23.6 Å². The highest BCUT2D eigenvalue weighted by Gasteiger charge is 2.19. The summed E-state index contributed by atoms with van der Waals surface area (Å²) in [5, 5.41) is 5.56. The molecule has 1 aromatic heterocycles. The van der Waals surface area contributed by atoms with Crippen molar-refractivity contribution in [2.24, 2.45) is 0 Å². The number of halogens is 1. The van der Waals surface area contributed by atoms with Gasteiger partial charge in [0.15, 0.2) is 5.78 Å². The van der Waals surface area contributed by atoms with E-state index in [1.165, 1.54) is 13.3 Å². The van der Waals surface area contributed by atoms with Crippen molar-refractivity contribution in [1.29, 1.82) is 0 Å². The average Bonchev–Trinajstić information content (AvgIpc) is 2.90. The average molecular weight is 497 g/mol. The Balaban J connectivity index is 1.58. The molecule has 0 bridgehead atoms. The van der Waals surface area contributed by atoms with Crippen LogP contribution < -0.4 is 15.5 Å². The van der Waals surface area contributed by atoms with Gasteiger partial charge in [0, 0.05) is 22.5 Å². The van der Waals surface area contributed by atoms with Gasteiger partial charge in [-0.05, 0) is 59.3 Å². The summed E-state index contributed by atoms with van der Waals surface area (Å²) in [6, 6.07) is 24.8. The maximum atomic E-state index is 13.5. The zero-order valence-electron chi connectivity index (χ0n) is 19.3. The Morgan fingerprint density at radius 1 is 0.917 bits per heavy atom. The number of benzene rings is 4. The molecule has 1 heterocycles. The van der Waals surface area contributed by atoms with Crippen LogP contribution in [0, 0.1) is 0 Å². The highest BCUT2D eigenvalue weighted by Crippen LogP contribution is 2.22. The molecule has 178 valence electrons. The highest BCUT2D eigenvalue weighted by molar-refractivity contribution is 6.30. The number of rotatable bonds is 6. The number of amides is 1. The van der Waals surface area contributed by atoms with Crippen LogP contribution in [0.5, 0.6) is 5.75 Å². The van der Waals surface area contributed by atoms with E-state index in [9.17, 15) is 14.4 Å². The van der Waals surface area contributed by atoms with E-state index in [4.69, 9.17) is 16.3 Å². The lowest BCUT2D eigenvalue weighted by molar-refractivity contribution is -0.116. The van der Waals surface area contributed by atoms with Gasteiger partial charge in [-0.15, -0.1) is 0 Å². The molecule has 0 unspecified atom stereocenters. The SMILES string of the molecule is COc1ccc2c(c1)c(=O)c(C(=O)c1ccc3ccccc3c1)cn2CC(=O)Nc1ccc(Cl)cc1. The summed E-state index contributed by atoms with van der Waals surface area (Å²) in [6.07, 6.45) is 1.45. The number of ether oxygens (including phenoxy) is 1. The first-order chi connectivity index (χ1) is 17.4. The van der Waals surface area contributed by atoms with Crippen molar-refractivity contribution in [1.82, 2.24) is 4.57 Å². The highest BCUT2D eigenvalue weighted by atomic mass is 35.5. The van der Waals surface area contributed by atoms with Crippen LogP contribution in [-0.4, -0.2) is 23.4 Å². The first-order valence-corrected chi connectivity index (χ1v) is 11.6. The lowest BCUT2D eigenvalue weighted by Crippen LogP contribution is -2.24. The van der Waals surface area contributed by atoms with Gasteiger partial charge >= 0.3 is 0 Å². The quantitative estimate of drug-likeness (QED) is 0.306. The maximum Gasteiger partial charge on any atom is 0.244 e. The minimum Gasteiger partial charge on any atom is -0.497 e. The van der Waals surface area contributed by atoms with Crippen molar-refractivity contribution >= 4 is 50.7 Å². The van der Waals surface area contributed by atoms with Crippen LogP contribution in [0.1, 0.15) is 15.9 Å². The van der Waals surface area contributed by atoms with E-state index in [1.807, 2.05) is 30.3 Å². The minimum atomic E-state index is -0.420. The van der Waals surface area contributed by atoms with Crippen LogP contribution in [0.25, 0.3) is 21.7 Å². The predicted octanol–water partition coefficient (Wildman–Crippen LogP) is 5.69. The molecule has 0 fully saturated rings. The zero-order valence-corrected chi connectivity index (χ0v) is 20.1. The summed E-state index contributed by atoms with van der Waals surface area (Å²) in [4.78, 5) is 39.8. The molecule has 0 radical (unpaired) electrons. The lowest BCUT2D eigenvalue weighted by atomic mass is 9.99. The molecule has 0 atom stereocenters. The normalized spacial score (nSPS) is 10.9. The first kappa shape index (κ1) is 23.3. The fourth-order valence-electron chi connectivity index (χ4n) is 4.17. The predicted molar refractivity (Wildman–Crippen MR) is 142 cm³/mol. The third-order valence-corrected chi connectivity index (χ3v) is 6.24. The first-order valence-electron chi connectivity index (χ1n) is 11.2. The lowest BCUT2D eigenvalue weighted by Gasteiger charge is -2.14. The van der Waals surface area contributed by atoms with E-state index in [1.54, 1.807) is 59.2 Å². The van der Waals surface area contributed by atoms with E-state index in [2.05, 4.69) is 5.32 Å². The zero-order chi connectivity index (χ0) is 25.2. The van der Waals surface area contributed by atoms with Crippen LogP contribution in [0.2, 0.25) is 5.02 Å². The largest absolute Gasteiger partial charge is 0.497 e. The number of hydrogen-bond acceptors (Lipinski definition) is 4. The standard InChI is InChI=1S/C29H21ClN2O4/c1-36-23-12-13-26-24(15-23)29(35)25(28(34)20-7-6-18-4-2-3-5-19(18)14-20)16-32(26)17-27(33)31-22-10-8-21(30)9-11-22/h2-16H,17H2,1H3,(H,31,33). The molecule has 5 rings (SSSR count). The Bertz CT molecular complexity index is 1690. The van der Waals surface area contributed by atoms with E-state index in [-0.39, 0.29) is 18.0 Å². The summed E-state index contributed by atoms with van der Waals surface area (Å²) >= 11 is 5.92. The molecule has 0 aliphatic carbocycles. The smallest absolute Gasteiger partial charge is 0.244 e. The van der Waals surface area contributed by atoms with Crippen LogP contribution in [0.4, 0.5) is 5.69 Å². The van der Waals surface area contributed by atoms with Crippen molar-refractivity contribution in [3.8, 4) is 5.75 Å². The number of anilines is 1. The molecule has 0 aliphatic rings. The number of fused-ring (bicyclic) bond motifs is 2. The number of ketones is 1. The second-order valence-corrected chi connectivity index (χ2v) is 8.77. The Labute approximate surface area is 211 Å². The number of carbonyl (C=O) groups excluding carboxylic acids is 2. The van der Waals surface area contributed by atoms with Gasteiger partial charge < -0.3 is 14.6 Å². The molecule has 6 nitrogen and oxygen atoms in total. The van der Waals surface area contributed by atoms with Crippen molar-refractivity contribution in [2.45, 2.75) is 6.54 Å². The Morgan fingerprint density at radius 3 is 2.42 bits per heavy atom. The molecule has 7 heteroatoms. The number of hydrogen-bond donors (Lipinski definition) is 1. The number of carbonyl (C=O) groups is 2. The number of pyridine rings is 1. The van der Waals surface area contributed by atoms with E-state index >= 15 is 0 Å². The molecular formula is C29H21ClN2O4. The van der Waals surface area contributed by atoms with Crippen LogP contribution in [0.3, 0.4) is 0 Å². The molecule has 1 N–H and O–H groups in total. The van der Waals surface area contributed by atoms with Crippen molar-refractivity contribution in [3.63, 3.8) is 0 Å². The maximum absolute atomic E-state index is 13.5. The molecule has 0 saturated carbocycles. The van der Waals surface area contributed by atoms with E-state index in [0.29, 0.717) is 32.9 Å². The van der Waals surface area contributed by atoms with Gasteiger partial charge in [0.1, 0.15) is 12.3 Å². The fraction of sp³-hybridized carbons (Fsp3) is 0.0690. The Kier molecular flexibility index (Phi) is 6.27. The van der Waals surface area contributed by atoms with Gasteiger partial charge in [0.2, 0.25) is 11.3 Å². The minimum absolute atomic E-state index is 0.0228. The van der Waals surface area contributed by atoms with Crippen molar-refractivity contribution in [2.75, 3.05) is 12.4 Å². The van der Waals surface area contributed by atoms with Crippen LogP contribution in [-0.2, 0) is 11.3 Å². The third-order valence-electron chi connectivity index (χ3n) is 5.99. The number of methoxy groups -OCH3 is 1. The number of nitrogens with one attached hydrogen (secondary N) is 1. The van der Waals surface area contributed by atoms with Crippen LogP contribution in [0.15, 0.2) is 95.9 Å². The molecule has 36 heavy (non-hydrogen) atoms. The van der Waals surface area contributed by atoms with Gasteiger partial charge in [-0.25, -0.2) is 0 Å². The topological polar surface area (TPSA) is 77.4 Å². The van der Waals surface area contributed by atoms with Crippen molar-refractivity contribution < 1.29 is 14.3 Å². The second-order valence-electron chi connectivity index (χ2n) is 8.33. The molecule has 0 aliphatic heterocycles. The van der Waals surface area contributed by atoms with Gasteiger partial charge in [0.25, 0.3) is 0 Å². The summed E-state index contributed by atoms with van der Waals surface area (Å²) in [6.45, 7) is -0.107. The molecule has 4 aromatic carbocycles. The number of aromatic nitrogens is 1. The van der Waals surface area contributed by atoms with E-state index in [0.717, 1.165) is 10.8 Å². The Hall–Kier alpha value is -4.42. The van der Waals surface area contributed by atoms with Gasteiger partial charge in [-0.3, -0.25) is 14.4 Å². The summed E-state index contributed by atoms with van der Waals surface area (Å²) in [5.74, 6) is -0.253. The summed E-state index contributed by atoms with van der Waals surface area (Å²) in [7, 11) is 1.50.